The van der Waals surface area contributed by atoms with Crippen molar-refractivity contribution < 1.29 is 27.9 Å². The average molecular weight is 435 g/mol. The van der Waals surface area contributed by atoms with Gasteiger partial charge in [-0.15, -0.1) is 0 Å². The van der Waals surface area contributed by atoms with Gasteiger partial charge in [-0.2, -0.15) is 0 Å². The highest BCUT2D eigenvalue weighted by Gasteiger charge is 2.53. The molecule has 1 saturated heterocycles. The number of halogens is 1. The lowest BCUT2D eigenvalue weighted by molar-refractivity contribution is -0.127. The number of benzene rings is 1. The van der Waals surface area contributed by atoms with E-state index in [0.717, 1.165) is 0 Å². The Hall–Kier alpha value is -4.01. The van der Waals surface area contributed by atoms with Crippen LogP contribution in [-0.4, -0.2) is 41.3 Å². The van der Waals surface area contributed by atoms with Gasteiger partial charge in [-0.3, -0.25) is 24.7 Å². The van der Waals surface area contributed by atoms with Crippen molar-refractivity contribution >= 4 is 17.7 Å². The maximum atomic E-state index is 14.7. The Morgan fingerprint density at radius 3 is 2.75 bits per heavy atom. The Morgan fingerprint density at radius 2 is 2.06 bits per heavy atom. The van der Waals surface area contributed by atoms with Gasteiger partial charge in [0.15, 0.2) is 11.6 Å². The highest BCUT2D eigenvalue weighted by atomic mass is 19.1. The lowest BCUT2D eigenvalue weighted by Crippen LogP contribution is -2.46. The van der Waals surface area contributed by atoms with E-state index in [9.17, 15) is 18.8 Å². The minimum atomic E-state index is -1.42. The maximum absolute atomic E-state index is 14.7. The van der Waals surface area contributed by atoms with Crippen molar-refractivity contribution in [3.05, 3.63) is 71.5 Å². The summed E-state index contributed by atoms with van der Waals surface area (Å²) in [4.78, 5) is 43.6. The summed E-state index contributed by atoms with van der Waals surface area (Å²) in [5, 5.41) is 2.31. The number of pyridine rings is 1. The third kappa shape index (κ3) is 2.96. The fraction of sp³-hybridized carbons (Fsp3) is 0.217. The first-order valence-electron chi connectivity index (χ1n) is 9.92. The highest BCUT2D eigenvalue weighted by molar-refractivity contribution is 6.09. The fourth-order valence-corrected chi connectivity index (χ4v) is 4.31. The molecule has 162 valence electrons. The predicted octanol–water partition coefficient (Wildman–Crippen LogP) is 2.43. The fourth-order valence-electron chi connectivity index (χ4n) is 4.31. The minimum absolute atomic E-state index is 0.0328. The van der Waals surface area contributed by atoms with Crippen molar-refractivity contribution in [2.75, 3.05) is 13.7 Å². The van der Waals surface area contributed by atoms with Crippen LogP contribution in [0.25, 0.3) is 11.3 Å². The zero-order chi connectivity index (χ0) is 22.5. The standard InChI is InChI=1S/C23H18FN3O5/c1-31-16-5-4-14-11-27(21(29)19(14)20(16)24)12-23(9-18(28)26-22(23)30)17-7-6-15(32-17)13-3-2-8-25-10-13/h2-8,10H,9,11-12H2,1H3,(H,26,28,30)/t23-/m1/s1. The van der Waals surface area contributed by atoms with Gasteiger partial charge in [-0.05, 0) is 35.9 Å². The summed E-state index contributed by atoms with van der Waals surface area (Å²) in [6.45, 7) is -0.0334. The first-order chi connectivity index (χ1) is 15.4. The second-order valence-electron chi connectivity index (χ2n) is 7.82. The lowest BCUT2D eigenvalue weighted by atomic mass is 9.82. The Kier molecular flexibility index (Phi) is 4.54. The van der Waals surface area contributed by atoms with E-state index in [1.54, 1.807) is 42.7 Å². The van der Waals surface area contributed by atoms with Crippen molar-refractivity contribution in [1.29, 1.82) is 0 Å². The molecule has 1 aromatic carbocycles. The molecule has 0 saturated carbocycles. The molecule has 0 radical (unpaired) electrons. The summed E-state index contributed by atoms with van der Waals surface area (Å²) in [7, 11) is 1.32. The highest BCUT2D eigenvalue weighted by Crippen LogP contribution is 2.39. The van der Waals surface area contributed by atoms with Gasteiger partial charge >= 0.3 is 0 Å². The summed E-state index contributed by atoms with van der Waals surface area (Å²) in [5.74, 6) is -1.64. The van der Waals surface area contributed by atoms with Crippen LogP contribution in [0.15, 0.2) is 53.2 Å². The smallest absolute Gasteiger partial charge is 0.257 e. The second kappa shape index (κ2) is 7.30. The van der Waals surface area contributed by atoms with E-state index < -0.39 is 29.0 Å². The zero-order valence-corrected chi connectivity index (χ0v) is 17.1. The first-order valence-corrected chi connectivity index (χ1v) is 9.92. The number of imide groups is 1. The van der Waals surface area contributed by atoms with Gasteiger partial charge in [0.2, 0.25) is 11.8 Å². The summed E-state index contributed by atoms with van der Waals surface area (Å²) in [6, 6.07) is 9.95. The Labute approximate surface area is 182 Å². The molecule has 2 aliphatic heterocycles. The zero-order valence-electron chi connectivity index (χ0n) is 17.1. The van der Waals surface area contributed by atoms with Crippen molar-refractivity contribution in [3.8, 4) is 17.1 Å². The molecule has 32 heavy (non-hydrogen) atoms. The van der Waals surface area contributed by atoms with Gasteiger partial charge in [0.1, 0.15) is 16.9 Å². The van der Waals surface area contributed by atoms with E-state index in [0.29, 0.717) is 16.9 Å². The number of fused-ring (bicyclic) bond motifs is 1. The quantitative estimate of drug-likeness (QED) is 0.618. The van der Waals surface area contributed by atoms with Crippen molar-refractivity contribution in [3.63, 3.8) is 0 Å². The number of aromatic nitrogens is 1. The van der Waals surface area contributed by atoms with Gasteiger partial charge in [0.05, 0.1) is 19.1 Å². The van der Waals surface area contributed by atoms with Gasteiger partial charge in [-0.1, -0.05) is 6.07 Å². The number of rotatable bonds is 5. The van der Waals surface area contributed by atoms with Crippen molar-refractivity contribution in [2.24, 2.45) is 0 Å². The number of nitrogens with one attached hydrogen (secondary N) is 1. The number of nitrogens with zero attached hydrogens (tertiary/aromatic N) is 2. The molecule has 8 nitrogen and oxygen atoms in total. The van der Waals surface area contributed by atoms with Crippen LogP contribution in [-0.2, 0) is 21.5 Å². The molecule has 2 aromatic heterocycles. The van der Waals surface area contributed by atoms with Crippen LogP contribution in [0.3, 0.4) is 0 Å². The molecule has 2 aliphatic rings. The largest absolute Gasteiger partial charge is 0.494 e. The molecule has 9 heteroatoms. The van der Waals surface area contributed by atoms with Crippen molar-refractivity contribution in [1.82, 2.24) is 15.2 Å². The predicted molar refractivity (Wildman–Crippen MR) is 109 cm³/mol. The van der Waals surface area contributed by atoms with Crippen LogP contribution >= 0.6 is 0 Å². The Morgan fingerprint density at radius 1 is 1.22 bits per heavy atom. The van der Waals surface area contributed by atoms with E-state index in [-0.39, 0.29) is 36.6 Å². The molecule has 0 spiro atoms. The normalized spacial score (nSPS) is 19.9. The van der Waals surface area contributed by atoms with Crippen LogP contribution in [0.5, 0.6) is 5.75 Å². The molecule has 0 unspecified atom stereocenters. The summed E-state index contributed by atoms with van der Waals surface area (Å²) >= 11 is 0. The first kappa shape index (κ1) is 19.9. The van der Waals surface area contributed by atoms with Gasteiger partial charge in [0, 0.05) is 31.0 Å². The number of carbonyl (C=O) groups excluding carboxylic acids is 3. The third-order valence-corrected chi connectivity index (χ3v) is 5.91. The van der Waals surface area contributed by atoms with Crippen LogP contribution in [0.4, 0.5) is 4.39 Å². The summed E-state index contributed by atoms with van der Waals surface area (Å²) in [5.41, 5.74) is -0.309. The van der Waals surface area contributed by atoms with Crippen LogP contribution in [0, 0.1) is 5.82 Å². The lowest BCUT2D eigenvalue weighted by Gasteiger charge is -2.28. The number of carbonyl (C=O) groups is 3. The average Bonchev–Trinajstić information content (AvgIpc) is 3.47. The third-order valence-electron chi connectivity index (χ3n) is 5.91. The van der Waals surface area contributed by atoms with Gasteiger partial charge in [0.25, 0.3) is 5.91 Å². The Bertz CT molecular complexity index is 1260. The SMILES string of the molecule is COc1ccc2c(c1F)C(=O)N(C[C@@]1(c3ccc(-c4cccnc4)o3)CC(=O)NC1=O)C2. The summed E-state index contributed by atoms with van der Waals surface area (Å²) < 4.78 is 25.7. The molecular formula is C23H18FN3O5. The van der Waals surface area contributed by atoms with Gasteiger partial charge in [-0.25, -0.2) is 4.39 Å². The van der Waals surface area contributed by atoms with Crippen LogP contribution < -0.4 is 10.1 Å². The summed E-state index contributed by atoms with van der Waals surface area (Å²) in [6.07, 6.45) is 3.06. The number of amides is 3. The molecule has 0 aliphatic carbocycles. The van der Waals surface area contributed by atoms with Crippen molar-refractivity contribution in [2.45, 2.75) is 18.4 Å². The molecule has 5 rings (SSSR count). The molecule has 1 N–H and O–H groups in total. The molecule has 1 atom stereocenters. The van der Waals surface area contributed by atoms with Gasteiger partial charge < -0.3 is 14.1 Å². The number of hydrogen-bond donors (Lipinski definition) is 1. The molecule has 3 amide bonds. The monoisotopic (exact) mass is 435 g/mol. The second-order valence-corrected chi connectivity index (χ2v) is 7.82. The number of ether oxygens (including phenoxy) is 1. The van der Waals surface area contributed by atoms with E-state index >= 15 is 0 Å². The topological polar surface area (TPSA) is 102 Å². The van der Waals surface area contributed by atoms with E-state index in [4.69, 9.17) is 9.15 Å². The van der Waals surface area contributed by atoms with E-state index in [2.05, 4.69) is 10.3 Å². The molecule has 0 bridgehead atoms. The molecule has 3 aromatic rings. The minimum Gasteiger partial charge on any atom is -0.494 e. The molecule has 4 heterocycles. The van der Waals surface area contributed by atoms with Crippen LogP contribution in [0.2, 0.25) is 0 Å². The molecule has 1 fully saturated rings. The number of hydrogen-bond acceptors (Lipinski definition) is 6. The Balaban J connectivity index is 1.51. The number of methoxy groups -OCH3 is 1. The van der Waals surface area contributed by atoms with E-state index in [1.165, 1.54) is 18.1 Å². The molecular weight excluding hydrogens is 417 g/mol. The van der Waals surface area contributed by atoms with E-state index in [1.807, 2.05) is 0 Å². The number of furan rings is 1. The maximum Gasteiger partial charge on any atom is 0.257 e. The van der Waals surface area contributed by atoms with Crippen LogP contribution in [0.1, 0.15) is 28.1 Å².